The van der Waals surface area contributed by atoms with E-state index in [-0.39, 0.29) is 0 Å². The first-order valence-corrected chi connectivity index (χ1v) is 5.37. The number of hydrogen-bond acceptors (Lipinski definition) is 1. The molecule has 2 rings (SSSR count). The molecule has 0 aromatic heterocycles. The van der Waals surface area contributed by atoms with Crippen molar-refractivity contribution in [3.05, 3.63) is 28.8 Å². The van der Waals surface area contributed by atoms with Crippen LogP contribution in [0.4, 0.5) is 0 Å². The van der Waals surface area contributed by atoms with Gasteiger partial charge in [-0.05, 0) is 54.9 Å². The second kappa shape index (κ2) is 3.64. The summed E-state index contributed by atoms with van der Waals surface area (Å²) in [5, 5.41) is 0. The van der Waals surface area contributed by atoms with Gasteiger partial charge in [-0.1, -0.05) is 13.0 Å². The van der Waals surface area contributed by atoms with Gasteiger partial charge in [-0.15, -0.1) is 0 Å². The van der Waals surface area contributed by atoms with Crippen molar-refractivity contribution in [2.45, 2.75) is 33.1 Å². The molecule has 76 valence electrons. The Morgan fingerprint density at radius 2 is 2.14 bits per heavy atom. The van der Waals surface area contributed by atoms with Gasteiger partial charge in [-0.2, -0.15) is 0 Å². The largest absolute Gasteiger partial charge is 0.496 e. The van der Waals surface area contributed by atoms with Gasteiger partial charge in [0.25, 0.3) is 0 Å². The highest BCUT2D eigenvalue weighted by Gasteiger charge is 2.18. The summed E-state index contributed by atoms with van der Waals surface area (Å²) in [7, 11) is 1.75. The molecule has 1 unspecified atom stereocenters. The minimum absolute atomic E-state index is 0.827. The Balaban J connectivity index is 2.45. The molecule has 1 heteroatoms. The van der Waals surface area contributed by atoms with Gasteiger partial charge < -0.3 is 4.74 Å². The Labute approximate surface area is 86.1 Å². The summed E-state index contributed by atoms with van der Waals surface area (Å²) in [6.45, 7) is 4.51. The smallest absolute Gasteiger partial charge is 0.122 e. The zero-order chi connectivity index (χ0) is 10.1. The summed E-state index contributed by atoms with van der Waals surface area (Å²) >= 11 is 0. The van der Waals surface area contributed by atoms with Gasteiger partial charge >= 0.3 is 0 Å². The number of rotatable bonds is 1. The minimum Gasteiger partial charge on any atom is -0.496 e. The van der Waals surface area contributed by atoms with Crippen molar-refractivity contribution in [2.24, 2.45) is 5.92 Å². The van der Waals surface area contributed by atoms with Gasteiger partial charge in [-0.3, -0.25) is 0 Å². The van der Waals surface area contributed by atoms with E-state index < -0.39 is 0 Å². The molecule has 0 spiro atoms. The van der Waals surface area contributed by atoms with Crippen LogP contribution in [0.1, 0.15) is 30.0 Å². The second-order valence-corrected chi connectivity index (χ2v) is 4.38. The molecule has 0 N–H and O–H groups in total. The lowest BCUT2D eigenvalue weighted by atomic mass is 9.82. The Morgan fingerprint density at radius 3 is 2.86 bits per heavy atom. The zero-order valence-electron chi connectivity index (χ0n) is 9.26. The normalized spacial score (nSPS) is 20.4. The van der Waals surface area contributed by atoms with Crippen LogP contribution in [0.2, 0.25) is 0 Å². The first-order chi connectivity index (χ1) is 6.72. The van der Waals surface area contributed by atoms with E-state index in [9.17, 15) is 0 Å². The van der Waals surface area contributed by atoms with Gasteiger partial charge in [0.15, 0.2) is 0 Å². The third-order valence-corrected chi connectivity index (χ3v) is 3.32. The lowest BCUT2D eigenvalue weighted by Gasteiger charge is -2.24. The first kappa shape index (κ1) is 9.57. The number of methoxy groups -OCH3 is 1. The molecule has 1 aromatic carbocycles. The number of hydrogen-bond donors (Lipinski definition) is 0. The highest BCUT2D eigenvalue weighted by molar-refractivity contribution is 5.45. The van der Waals surface area contributed by atoms with Crippen LogP contribution in [0.25, 0.3) is 0 Å². The minimum atomic E-state index is 0.827. The summed E-state index contributed by atoms with van der Waals surface area (Å²) in [5.74, 6) is 1.87. The van der Waals surface area contributed by atoms with Gasteiger partial charge in [0.2, 0.25) is 0 Å². The second-order valence-electron chi connectivity index (χ2n) is 4.38. The number of aryl methyl sites for hydroxylation is 1. The molecule has 0 amide bonds. The Morgan fingerprint density at radius 1 is 1.36 bits per heavy atom. The summed E-state index contributed by atoms with van der Waals surface area (Å²) in [6.07, 6.45) is 3.79. The van der Waals surface area contributed by atoms with Crippen molar-refractivity contribution in [2.75, 3.05) is 7.11 Å². The quantitative estimate of drug-likeness (QED) is 0.661. The predicted molar refractivity (Wildman–Crippen MR) is 58.9 cm³/mol. The van der Waals surface area contributed by atoms with Crippen LogP contribution in [0.3, 0.4) is 0 Å². The lowest BCUT2D eigenvalue weighted by molar-refractivity contribution is 0.408. The molecule has 1 aliphatic rings. The van der Waals surface area contributed by atoms with E-state index in [2.05, 4.69) is 26.0 Å². The molecule has 1 aliphatic carbocycles. The molecule has 1 aromatic rings. The molecule has 1 nitrogen and oxygen atoms in total. The fraction of sp³-hybridized carbons (Fsp3) is 0.538. The number of ether oxygens (including phenoxy) is 1. The molecule has 0 radical (unpaired) electrons. The van der Waals surface area contributed by atoms with Crippen LogP contribution in [-0.2, 0) is 12.8 Å². The number of benzene rings is 1. The van der Waals surface area contributed by atoms with Gasteiger partial charge in [-0.25, -0.2) is 0 Å². The monoisotopic (exact) mass is 190 g/mol. The maximum atomic E-state index is 5.35. The van der Waals surface area contributed by atoms with Crippen LogP contribution in [0.5, 0.6) is 5.75 Å². The number of fused-ring (bicyclic) bond motifs is 1. The van der Waals surface area contributed by atoms with Crippen LogP contribution in [-0.4, -0.2) is 7.11 Å². The van der Waals surface area contributed by atoms with E-state index in [4.69, 9.17) is 4.74 Å². The summed E-state index contributed by atoms with van der Waals surface area (Å²) in [4.78, 5) is 0. The van der Waals surface area contributed by atoms with Crippen molar-refractivity contribution in [1.82, 2.24) is 0 Å². The van der Waals surface area contributed by atoms with Gasteiger partial charge in [0.05, 0.1) is 7.11 Å². The van der Waals surface area contributed by atoms with Crippen molar-refractivity contribution in [3.8, 4) is 5.75 Å². The molecule has 0 saturated carbocycles. The van der Waals surface area contributed by atoms with E-state index in [0.29, 0.717) is 0 Å². The van der Waals surface area contributed by atoms with Gasteiger partial charge in [0.1, 0.15) is 5.75 Å². The standard InChI is InChI=1S/C13H18O/c1-9-4-5-11-6-7-13(14-3)10(2)12(11)8-9/h6-7,9H,4-5,8H2,1-3H3. The van der Waals surface area contributed by atoms with Crippen molar-refractivity contribution >= 4 is 0 Å². The molecule has 1 atom stereocenters. The molecule has 0 fully saturated rings. The molecule has 0 aliphatic heterocycles. The summed E-state index contributed by atoms with van der Waals surface area (Å²) in [6, 6.07) is 4.33. The summed E-state index contributed by atoms with van der Waals surface area (Å²) < 4.78 is 5.35. The molecule has 0 saturated heterocycles. The topological polar surface area (TPSA) is 9.23 Å². The lowest BCUT2D eigenvalue weighted by Crippen LogP contribution is -2.13. The van der Waals surface area contributed by atoms with Crippen molar-refractivity contribution < 1.29 is 4.74 Å². The van der Waals surface area contributed by atoms with E-state index in [1.807, 2.05) is 0 Å². The third-order valence-electron chi connectivity index (χ3n) is 3.32. The van der Waals surface area contributed by atoms with Crippen LogP contribution < -0.4 is 4.74 Å². The highest BCUT2D eigenvalue weighted by Crippen LogP contribution is 2.32. The van der Waals surface area contributed by atoms with E-state index in [1.54, 1.807) is 7.11 Å². The molecular weight excluding hydrogens is 172 g/mol. The maximum absolute atomic E-state index is 5.35. The maximum Gasteiger partial charge on any atom is 0.122 e. The van der Waals surface area contributed by atoms with Crippen molar-refractivity contribution in [3.63, 3.8) is 0 Å². The van der Waals surface area contributed by atoms with E-state index in [0.717, 1.165) is 11.7 Å². The predicted octanol–water partition coefficient (Wildman–Crippen LogP) is 3.13. The Kier molecular flexibility index (Phi) is 2.49. The average molecular weight is 190 g/mol. The molecule has 0 heterocycles. The zero-order valence-corrected chi connectivity index (χ0v) is 9.26. The van der Waals surface area contributed by atoms with Crippen LogP contribution in [0.15, 0.2) is 12.1 Å². The highest BCUT2D eigenvalue weighted by atomic mass is 16.5. The fourth-order valence-electron chi connectivity index (χ4n) is 2.38. The van der Waals surface area contributed by atoms with Gasteiger partial charge in [0, 0.05) is 0 Å². The van der Waals surface area contributed by atoms with Crippen molar-refractivity contribution in [1.29, 1.82) is 0 Å². The van der Waals surface area contributed by atoms with Crippen LogP contribution in [0, 0.1) is 12.8 Å². The summed E-state index contributed by atoms with van der Waals surface area (Å²) in [5.41, 5.74) is 4.40. The molecule has 14 heavy (non-hydrogen) atoms. The van der Waals surface area contributed by atoms with Crippen LogP contribution >= 0.6 is 0 Å². The molecule has 0 bridgehead atoms. The Hall–Kier alpha value is -0.980. The van der Waals surface area contributed by atoms with E-state index in [1.165, 1.54) is 36.0 Å². The fourth-order valence-corrected chi connectivity index (χ4v) is 2.38. The van der Waals surface area contributed by atoms with E-state index >= 15 is 0 Å². The Bertz CT molecular complexity index is 341. The first-order valence-electron chi connectivity index (χ1n) is 5.37. The SMILES string of the molecule is COc1ccc2c(c1C)CC(C)CC2. The molecular formula is C13H18O. The average Bonchev–Trinajstić information content (AvgIpc) is 2.20. The third kappa shape index (κ3) is 1.52.